The molecule has 0 aliphatic carbocycles. The summed E-state index contributed by atoms with van der Waals surface area (Å²) in [6, 6.07) is -0.772. The summed E-state index contributed by atoms with van der Waals surface area (Å²) in [5.74, 6) is -0.995. The maximum atomic E-state index is 10.9. The molecule has 2 atom stereocenters. The Bertz CT molecular complexity index is 568. The van der Waals surface area contributed by atoms with Gasteiger partial charge in [-0.05, 0) is 32.1 Å². The van der Waals surface area contributed by atoms with Gasteiger partial charge in [0.25, 0.3) is 0 Å². The second-order valence-corrected chi connectivity index (χ2v) is 7.17. The highest BCUT2D eigenvalue weighted by molar-refractivity contribution is 5.66. The van der Waals surface area contributed by atoms with Crippen LogP contribution in [0.25, 0.3) is 0 Å². The van der Waals surface area contributed by atoms with Crippen LogP contribution in [-0.2, 0) is 9.68 Å². The Labute approximate surface area is 179 Å². The molecule has 7 nitrogen and oxygen atoms in total. The van der Waals surface area contributed by atoms with Gasteiger partial charge in [0, 0.05) is 17.8 Å². The van der Waals surface area contributed by atoms with Crippen molar-refractivity contribution in [2.75, 3.05) is 0 Å². The summed E-state index contributed by atoms with van der Waals surface area (Å²) in [5.41, 5.74) is 0. The molecule has 0 bridgehead atoms. The van der Waals surface area contributed by atoms with Crippen molar-refractivity contribution in [3.8, 4) is 0 Å². The summed E-state index contributed by atoms with van der Waals surface area (Å²) in [6.07, 6.45) is 23.1. The van der Waals surface area contributed by atoms with Crippen LogP contribution in [0.5, 0.6) is 0 Å². The standard InChI is InChI=1S/C23H37NO6/c1-2-3-13-17-22(30-29)18-15-12-10-8-6-4-5-7-9-11-14-16-21(24(27)28)19-20-23(25)26/h4,6-7,9-10,12,15,18,21-22,29H,2-3,5,8,11,13-14,16-17,19-20H2,1H3,(H,25,26)/b6-4-,9-7-,12-10-,18-15+/t21?,22-/m0/s1. The first kappa shape index (κ1) is 27.8. The van der Waals surface area contributed by atoms with Crippen LogP contribution in [0.3, 0.4) is 0 Å². The molecule has 0 saturated carbocycles. The molecule has 0 fully saturated rings. The molecule has 7 heteroatoms. The highest BCUT2D eigenvalue weighted by atomic mass is 17.1. The number of hydrogen-bond donors (Lipinski definition) is 2. The lowest BCUT2D eigenvalue weighted by molar-refractivity contribution is -0.524. The molecule has 0 aromatic heterocycles. The Kier molecular flexibility index (Phi) is 18.5. The molecular weight excluding hydrogens is 386 g/mol. The van der Waals surface area contributed by atoms with Crippen molar-refractivity contribution in [1.82, 2.24) is 0 Å². The fourth-order valence-corrected chi connectivity index (χ4v) is 2.81. The fourth-order valence-electron chi connectivity index (χ4n) is 2.81. The number of carbonyl (C=O) groups is 1. The van der Waals surface area contributed by atoms with E-state index in [1.54, 1.807) is 0 Å². The number of nitro groups is 1. The molecule has 2 N–H and O–H groups in total. The second kappa shape index (κ2) is 20.0. The van der Waals surface area contributed by atoms with Crippen molar-refractivity contribution in [2.45, 2.75) is 89.7 Å². The van der Waals surface area contributed by atoms with E-state index in [0.29, 0.717) is 12.8 Å². The molecule has 0 spiro atoms. The summed E-state index contributed by atoms with van der Waals surface area (Å²) < 4.78 is 0. The zero-order chi connectivity index (χ0) is 22.5. The van der Waals surface area contributed by atoms with Crippen LogP contribution in [-0.4, -0.2) is 33.4 Å². The first-order valence-electron chi connectivity index (χ1n) is 10.8. The second-order valence-electron chi connectivity index (χ2n) is 7.17. The van der Waals surface area contributed by atoms with E-state index in [1.807, 2.05) is 36.5 Å². The van der Waals surface area contributed by atoms with Gasteiger partial charge in [-0.2, -0.15) is 0 Å². The van der Waals surface area contributed by atoms with E-state index in [1.165, 1.54) is 0 Å². The van der Waals surface area contributed by atoms with Crippen LogP contribution in [0, 0.1) is 10.1 Å². The summed E-state index contributed by atoms with van der Waals surface area (Å²) in [5, 5.41) is 28.4. The Balaban J connectivity index is 3.87. The van der Waals surface area contributed by atoms with E-state index in [4.69, 9.17) is 10.4 Å². The number of allylic oxidation sites excluding steroid dienone is 7. The van der Waals surface area contributed by atoms with Gasteiger partial charge in [0.15, 0.2) is 0 Å². The first-order valence-corrected chi connectivity index (χ1v) is 10.8. The SMILES string of the molecule is CCCCC[C@@H](/C=C/C=C\C/C=C\C/C=C\CCCC(CCC(=O)O)[N+](=O)[O-])OO. The largest absolute Gasteiger partial charge is 0.481 e. The molecule has 170 valence electrons. The van der Waals surface area contributed by atoms with Gasteiger partial charge in [0.2, 0.25) is 6.04 Å². The summed E-state index contributed by atoms with van der Waals surface area (Å²) in [4.78, 5) is 25.5. The minimum Gasteiger partial charge on any atom is -0.481 e. The molecule has 0 aliphatic rings. The summed E-state index contributed by atoms with van der Waals surface area (Å²) in [6.45, 7) is 2.14. The lowest BCUT2D eigenvalue weighted by Crippen LogP contribution is -2.20. The molecule has 0 radical (unpaired) electrons. The third-order valence-corrected chi connectivity index (χ3v) is 4.58. The Morgan fingerprint density at radius 1 is 1.00 bits per heavy atom. The van der Waals surface area contributed by atoms with Crippen LogP contribution in [0.1, 0.15) is 77.6 Å². The Hall–Kier alpha value is -2.25. The summed E-state index contributed by atoms with van der Waals surface area (Å²) in [7, 11) is 0. The van der Waals surface area contributed by atoms with E-state index < -0.39 is 12.0 Å². The van der Waals surface area contributed by atoms with Gasteiger partial charge in [-0.15, -0.1) is 0 Å². The number of aliphatic carboxylic acids is 1. The van der Waals surface area contributed by atoms with Crippen molar-refractivity contribution in [3.63, 3.8) is 0 Å². The van der Waals surface area contributed by atoms with Crippen molar-refractivity contribution >= 4 is 5.97 Å². The van der Waals surface area contributed by atoms with Crippen LogP contribution in [0.15, 0.2) is 48.6 Å². The number of carboxylic acids is 1. The zero-order valence-corrected chi connectivity index (χ0v) is 18.0. The predicted molar refractivity (Wildman–Crippen MR) is 119 cm³/mol. The molecule has 1 unspecified atom stereocenters. The molecule has 0 saturated heterocycles. The smallest absolute Gasteiger partial charge is 0.303 e. The van der Waals surface area contributed by atoms with Crippen molar-refractivity contribution in [2.24, 2.45) is 0 Å². The van der Waals surface area contributed by atoms with Crippen LogP contribution in [0.2, 0.25) is 0 Å². The van der Waals surface area contributed by atoms with Gasteiger partial charge in [0.1, 0.15) is 6.10 Å². The Morgan fingerprint density at radius 2 is 1.70 bits per heavy atom. The van der Waals surface area contributed by atoms with E-state index in [-0.39, 0.29) is 23.9 Å². The third kappa shape index (κ3) is 17.8. The number of hydrogen-bond acceptors (Lipinski definition) is 5. The predicted octanol–water partition coefficient (Wildman–Crippen LogP) is 6.11. The van der Waals surface area contributed by atoms with Crippen LogP contribution in [0.4, 0.5) is 0 Å². The Morgan fingerprint density at radius 3 is 2.33 bits per heavy atom. The average Bonchev–Trinajstić information content (AvgIpc) is 2.71. The zero-order valence-electron chi connectivity index (χ0n) is 18.0. The van der Waals surface area contributed by atoms with Crippen LogP contribution < -0.4 is 0 Å². The highest BCUT2D eigenvalue weighted by Crippen LogP contribution is 2.11. The van der Waals surface area contributed by atoms with Gasteiger partial charge >= 0.3 is 5.97 Å². The lowest BCUT2D eigenvalue weighted by Gasteiger charge is -2.07. The fraction of sp³-hybridized carbons (Fsp3) is 0.609. The maximum absolute atomic E-state index is 10.9. The number of nitrogens with zero attached hydrogens (tertiary/aromatic N) is 1. The number of carboxylic acid groups (broad SMARTS) is 1. The minimum atomic E-state index is -0.995. The topological polar surface area (TPSA) is 110 Å². The van der Waals surface area contributed by atoms with Crippen LogP contribution >= 0.6 is 0 Å². The quantitative estimate of drug-likeness (QED) is 0.0647. The van der Waals surface area contributed by atoms with E-state index in [9.17, 15) is 14.9 Å². The molecule has 0 aromatic carbocycles. The lowest BCUT2D eigenvalue weighted by atomic mass is 10.0. The average molecular weight is 424 g/mol. The molecule has 0 aromatic rings. The molecular formula is C23H37NO6. The number of rotatable bonds is 19. The normalized spacial score (nSPS) is 14.3. The molecule has 0 amide bonds. The van der Waals surface area contributed by atoms with Crippen molar-refractivity contribution < 1.29 is 25.0 Å². The van der Waals surface area contributed by atoms with Gasteiger partial charge in [-0.3, -0.25) is 20.2 Å². The number of unbranched alkanes of at least 4 members (excludes halogenated alkanes) is 3. The molecule has 30 heavy (non-hydrogen) atoms. The minimum absolute atomic E-state index is 0.0873. The maximum Gasteiger partial charge on any atom is 0.303 e. The molecule has 0 rings (SSSR count). The monoisotopic (exact) mass is 423 g/mol. The van der Waals surface area contributed by atoms with Gasteiger partial charge < -0.3 is 5.11 Å². The third-order valence-electron chi connectivity index (χ3n) is 4.58. The van der Waals surface area contributed by atoms with Gasteiger partial charge in [-0.1, -0.05) is 74.8 Å². The van der Waals surface area contributed by atoms with Crippen molar-refractivity contribution in [3.05, 3.63) is 58.7 Å². The van der Waals surface area contributed by atoms with E-state index >= 15 is 0 Å². The molecule has 0 heterocycles. The first-order chi connectivity index (χ1) is 14.5. The summed E-state index contributed by atoms with van der Waals surface area (Å²) >= 11 is 0. The van der Waals surface area contributed by atoms with Crippen molar-refractivity contribution in [1.29, 1.82) is 0 Å². The molecule has 0 aliphatic heterocycles. The highest BCUT2D eigenvalue weighted by Gasteiger charge is 2.20. The van der Waals surface area contributed by atoms with E-state index in [0.717, 1.165) is 44.9 Å². The van der Waals surface area contributed by atoms with Gasteiger partial charge in [-0.25, -0.2) is 4.89 Å². The van der Waals surface area contributed by atoms with Gasteiger partial charge in [0.05, 0.1) is 6.42 Å². The van der Waals surface area contributed by atoms with E-state index in [2.05, 4.69) is 24.0 Å².